The van der Waals surface area contributed by atoms with Crippen molar-refractivity contribution in [2.45, 2.75) is 83.3 Å². The molecule has 3 aliphatic carbocycles. The van der Waals surface area contributed by atoms with Gasteiger partial charge in [0.1, 0.15) is 6.10 Å². The topological polar surface area (TPSA) is 77.8 Å². The highest BCUT2D eigenvalue weighted by atomic mass is 16.4. The molecule has 27 heavy (non-hydrogen) atoms. The summed E-state index contributed by atoms with van der Waals surface area (Å²) in [7, 11) is 0. The molecule has 1 unspecified atom stereocenters. The Labute approximate surface area is 163 Å². The fourth-order valence-electron chi connectivity index (χ4n) is 5.71. The summed E-state index contributed by atoms with van der Waals surface area (Å²) in [6, 6.07) is 0. The summed E-state index contributed by atoms with van der Waals surface area (Å²) in [6.07, 6.45) is 10.3. The summed E-state index contributed by atoms with van der Waals surface area (Å²) < 4.78 is 0. The van der Waals surface area contributed by atoms with Gasteiger partial charge in [0.05, 0.1) is 12.0 Å². The van der Waals surface area contributed by atoms with Crippen LogP contribution >= 0.6 is 0 Å². The second-order valence-corrected chi connectivity index (χ2v) is 8.70. The van der Waals surface area contributed by atoms with E-state index in [4.69, 9.17) is 5.11 Å². The first kappa shape index (κ1) is 20.4. The minimum absolute atomic E-state index is 0.0662. The zero-order valence-electron chi connectivity index (χ0n) is 16.4. The molecule has 0 aromatic carbocycles. The highest BCUT2D eigenvalue weighted by molar-refractivity contribution is 5.66. The normalized spacial score (nSPS) is 35.8. The van der Waals surface area contributed by atoms with Gasteiger partial charge in [0.2, 0.25) is 0 Å². The molecule has 150 valence electrons. The molecule has 3 aliphatic rings. The number of aliphatic hydroxyl groups excluding tert-OH is 2. The summed E-state index contributed by atoms with van der Waals surface area (Å²) in [5, 5.41) is 29.7. The van der Waals surface area contributed by atoms with Crippen LogP contribution in [-0.4, -0.2) is 33.5 Å². The number of aliphatic hydroxyl groups is 2. The summed E-state index contributed by atoms with van der Waals surface area (Å²) >= 11 is 0. The van der Waals surface area contributed by atoms with Crippen LogP contribution in [0.4, 0.5) is 0 Å². The van der Waals surface area contributed by atoms with Crippen molar-refractivity contribution < 1.29 is 20.1 Å². The molecule has 0 amide bonds. The molecule has 3 rings (SSSR count). The zero-order valence-corrected chi connectivity index (χ0v) is 16.4. The van der Waals surface area contributed by atoms with E-state index in [1.807, 2.05) is 0 Å². The zero-order chi connectivity index (χ0) is 19.4. The number of aliphatic carboxylic acids is 1. The van der Waals surface area contributed by atoms with Crippen LogP contribution in [0.5, 0.6) is 0 Å². The molecule has 0 bridgehead atoms. The Balaban J connectivity index is 1.65. The maximum absolute atomic E-state index is 10.8. The number of hydrogen-bond donors (Lipinski definition) is 3. The number of carboxylic acids is 1. The van der Waals surface area contributed by atoms with Crippen LogP contribution in [0.1, 0.15) is 71.1 Å². The molecule has 0 aromatic heterocycles. The molecule has 6 atom stereocenters. The lowest BCUT2D eigenvalue weighted by Crippen LogP contribution is -2.50. The molecule has 0 aromatic rings. The summed E-state index contributed by atoms with van der Waals surface area (Å²) in [6.45, 7) is 2.16. The van der Waals surface area contributed by atoms with Gasteiger partial charge in [0, 0.05) is 6.42 Å². The van der Waals surface area contributed by atoms with Crippen LogP contribution in [0.25, 0.3) is 0 Å². The van der Waals surface area contributed by atoms with E-state index in [1.165, 1.54) is 31.3 Å². The van der Waals surface area contributed by atoms with Gasteiger partial charge in [-0.25, -0.2) is 0 Å². The van der Waals surface area contributed by atoms with Gasteiger partial charge < -0.3 is 15.3 Å². The molecule has 0 spiro atoms. The number of fused-ring (bicyclic) bond motifs is 1. The maximum atomic E-state index is 10.8. The van der Waals surface area contributed by atoms with Crippen molar-refractivity contribution >= 4 is 5.97 Å². The van der Waals surface area contributed by atoms with Gasteiger partial charge >= 0.3 is 5.97 Å². The van der Waals surface area contributed by atoms with Crippen LogP contribution in [0, 0.1) is 41.4 Å². The lowest BCUT2D eigenvalue weighted by Gasteiger charge is -2.54. The van der Waals surface area contributed by atoms with Gasteiger partial charge in [0.25, 0.3) is 0 Å². The molecule has 3 fully saturated rings. The van der Waals surface area contributed by atoms with E-state index in [-0.39, 0.29) is 12.3 Å². The fraction of sp³-hybridized carbons (Fsp3) is 0.783. The Morgan fingerprint density at radius 1 is 1.26 bits per heavy atom. The number of allylic oxidation sites excluding steroid dienone is 2. The molecule has 4 heteroatoms. The average Bonchev–Trinajstić information content (AvgIpc) is 3.11. The van der Waals surface area contributed by atoms with Gasteiger partial charge in [-0.3, -0.25) is 4.79 Å². The minimum Gasteiger partial charge on any atom is -0.481 e. The first-order valence-electron chi connectivity index (χ1n) is 10.8. The Morgan fingerprint density at radius 2 is 2.00 bits per heavy atom. The van der Waals surface area contributed by atoms with Crippen molar-refractivity contribution in [2.75, 3.05) is 0 Å². The van der Waals surface area contributed by atoms with E-state index in [2.05, 4.69) is 24.8 Å². The molecule has 0 saturated heterocycles. The van der Waals surface area contributed by atoms with Gasteiger partial charge in [-0.05, 0) is 55.8 Å². The molecular weight excluding hydrogens is 340 g/mol. The highest BCUT2D eigenvalue weighted by Gasteiger charge is 2.52. The Kier molecular flexibility index (Phi) is 7.00. The third-order valence-electron chi connectivity index (χ3n) is 7.01. The molecule has 3 N–H and O–H groups in total. The Bertz CT molecular complexity index is 600. The SMILES string of the molecule is CC[C@H]1C(=CCCC(=O)O)[C@H]2CC[C@H](O)[C@H](C#CC(O)CC3CCCC3)[C@H]21. The molecule has 4 nitrogen and oxygen atoms in total. The predicted molar refractivity (Wildman–Crippen MR) is 105 cm³/mol. The van der Waals surface area contributed by atoms with Crippen molar-refractivity contribution in [1.82, 2.24) is 0 Å². The van der Waals surface area contributed by atoms with Crippen LogP contribution < -0.4 is 0 Å². The van der Waals surface area contributed by atoms with E-state index in [0.29, 0.717) is 30.1 Å². The summed E-state index contributed by atoms with van der Waals surface area (Å²) in [4.78, 5) is 10.8. The van der Waals surface area contributed by atoms with Crippen molar-refractivity contribution in [1.29, 1.82) is 0 Å². The van der Waals surface area contributed by atoms with Crippen molar-refractivity contribution in [3.8, 4) is 11.8 Å². The van der Waals surface area contributed by atoms with Crippen molar-refractivity contribution in [2.24, 2.45) is 29.6 Å². The molecule has 0 heterocycles. The Morgan fingerprint density at radius 3 is 2.67 bits per heavy atom. The lowest BCUT2D eigenvalue weighted by molar-refractivity contribution is -0.136. The van der Waals surface area contributed by atoms with Crippen LogP contribution in [0.2, 0.25) is 0 Å². The molecule has 0 aliphatic heterocycles. The fourth-order valence-corrected chi connectivity index (χ4v) is 5.71. The lowest BCUT2D eigenvalue weighted by atomic mass is 9.50. The number of carboxylic acid groups (broad SMARTS) is 1. The average molecular weight is 375 g/mol. The van der Waals surface area contributed by atoms with Crippen LogP contribution in [0.3, 0.4) is 0 Å². The monoisotopic (exact) mass is 374 g/mol. The first-order chi connectivity index (χ1) is 13.0. The van der Waals surface area contributed by atoms with Gasteiger partial charge in [-0.2, -0.15) is 0 Å². The molecule has 3 saturated carbocycles. The van der Waals surface area contributed by atoms with Crippen LogP contribution in [-0.2, 0) is 4.79 Å². The van der Waals surface area contributed by atoms with Crippen molar-refractivity contribution in [3.63, 3.8) is 0 Å². The minimum atomic E-state index is -0.755. The summed E-state index contributed by atoms with van der Waals surface area (Å²) in [5.41, 5.74) is 1.38. The van der Waals surface area contributed by atoms with Gasteiger partial charge in [-0.15, -0.1) is 0 Å². The largest absolute Gasteiger partial charge is 0.481 e. The van der Waals surface area contributed by atoms with E-state index >= 15 is 0 Å². The molecular formula is C23H34O4. The number of carbonyl (C=O) groups is 1. The van der Waals surface area contributed by atoms with E-state index in [0.717, 1.165) is 25.7 Å². The standard InChI is InChI=1S/C23H34O4/c1-2-17-18(8-5-9-22(26)27)19-12-13-21(25)20(23(17)19)11-10-16(24)14-15-6-3-4-7-15/h8,15-17,19-21,23-25H,2-7,9,12-14H2,1H3,(H,26,27)/t16?,17-,19+,20-,21-,23-/m0/s1. The third kappa shape index (κ3) is 4.76. The third-order valence-corrected chi connectivity index (χ3v) is 7.01. The number of hydrogen-bond acceptors (Lipinski definition) is 3. The highest BCUT2D eigenvalue weighted by Crippen LogP contribution is 2.57. The van der Waals surface area contributed by atoms with Gasteiger partial charge in [-0.1, -0.05) is 56.1 Å². The predicted octanol–water partition coefficient (Wildman–Crippen LogP) is 3.77. The van der Waals surface area contributed by atoms with E-state index in [1.54, 1.807) is 0 Å². The van der Waals surface area contributed by atoms with Crippen LogP contribution in [0.15, 0.2) is 11.6 Å². The maximum Gasteiger partial charge on any atom is 0.303 e. The first-order valence-corrected chi connectivity index (χ1v) is 10.8. The Hall–Kier alpha value is -1.31. The van der Waals surface area contributed by atoms with Crippen molar-refractivity contribution in [3.05, 3.63) is 11.6 Å². The second kappa shape index (κ2) is 9.26. The second-order valence-electron chi connectivity index (χ2n) is 8.70. The van der Waals surface area contributed by atoms with Gasteiger partial charge in [0.15, 0.2) is 0 Å². The summed E-state index contributed by atoms with van der Waals surface area (Å²) in [5.74, 6) is 7.28. The molecule has 0 radical (unpaired) electrons. The number of rotatable bonds is 6. The quantitative estimate of drug-likeness (QED) is 0.489. The smallest absolute Gasteiger partial charge is 0.303 e. The van der Waals surface area contributed by atoms with E-state index < -0.39 is 18.2 Å². The van der Waals surface area contributed by atoms with E-state index in [9.17, 15) is 15.0 Å².